The molecule has 0 aromatic carbocycles. The van der Waals surface area contributed by atoms with E-state index >= 15 is 0 Å². The summed E-state index contributed by atoms with van der Waals surface area (Å²) in [5.41, 5.74) is -0.908. The van der Waals surface area contributed by atoms with Crippen LogP contribution in [0.2, 0.25) is 0 Å². The topological polar surface area (TPSA) is 84.2 Å². The van der Waals surface area contributed by atoms with Crippen LogP contribution in [0.4, 0.5) is 0 Å². The molecule has 0 spiro atoms. The number of aliphatic hydroxyl groups is 1. The molecule has 1 aliphatic rings. The zero-order valence-electron chi connectivity index (χ0n) is 11.4. The van der Waals surface area contributed by atoms with Gasteiger partial charge in [0.25, 0.3) is 10.0 Å². The summed E-state index contributed by atoms with van der Waals surface area (Å²) in [5.74, 6) is 0.636. The van der Waals surface area contributed by atoms with Crippen molar-refractivity contribution in [2.45, 2.75) is 49.7 Å². The van der Waals surface area contributed by atoms with E-state index in [1.165, 1.54) is 6.20 Å². The SMILES string of the molecule is Cc1nc(S(=O)(=O)NCC2(O)CCCCC2)cn1C. The second-order valence-electron chi connectivity index (χ2n) is 5.35. The first kappa shape index (κ1) is 14.5. The van der Waals surface area contributed by atoms with E-state index in [-0.39, 0.29) is 11.6 Å². The van der Waals surface area contributed by atoms with Crippen molar-refractivity contribution in [2.24, 2.45) is 7.05 Å². The summed E-state index contributed by atoms with van der Waals surface area (Å²) < 4.78 is 28.3. The standard InChI is InChI=1S/C12H21N3O3S/c1-10-14-11(8-15(10)2)19(17,18)13-9-12(16)6-4-3-5-7-12/h8,13,16H,3-7,9H2,1-2H3. The maximum Gasteiger partial charge on any atom is 0.259 e. The zero-order chi connectivity index (χ0) is 14.1. The quantitative estimate of drug-likeness (QED) is 0.854. The summed E-state index contributed by atoms with van der Waals surface area (Å²) in [5, 5.41) is 10.3. The van der Waals surface area contributed by atoms with Crippen molar-refractivity contribution in [3.05, 3.63) is 12.0 Å². The van der Waals surface area contributed by atoms with Gasteiger partial charge in [-0.1, -0.05) is 19.3 Å². The highest BCUT2D eigenvalue weighted by atomic mass is 32.2. The maximum absolute atomic E-state index is 12.1. The fraction of sp³-hybridized carbons (Fsp3) is 0.750. The van der Waals surface area contributed by atoms with Crippen molar-refractivity contribution in [3.63, 3.8) is 0 Å². The molecule has 1 aromatic heterocycles. The van der Waals surface area contributed by atoms with E-state index in [0.717, 1.165) is 19.3 Å². The molecule has 108 valence electrons. The van der Waals surface area contributed by atoms with Gasteiger partial charge in [-0.05, 0) is 19.8 Å². The van der Waals surface area contributed by atoms with Gasteiger partial charge in [-0.3, -0.25) is 0 Å². The highest BCUT2D eigenvalue weighted by Gasteiger charge is 2.31. The third-order valence-corrected chi connectivity index (χ3v) is 5.01. The van der Waals surface area contributed by atoms with Gasteiger partial charge >= 0.3 is 0 Å². The summed E-state index contributed by atoms with van der Waals surface area (Å²) >= 11 is 0. The van der Waals surface area contributed by atoms with Gasteiger partial charge in [0.1, 0.15) is 5.82 Å². The monoisotopic (exact) mass is 287 g/mol. The summed E-state index contributed by atoms with van der Waals surface area (Å²) in [7, 11) is -1.90. The number of nitrogens with one attached hydrogen (secondary N) is 1. The summed E-state index contributed by atoms with van der Waals surface area (Å²) in [6.07, 6.45) is 5.77. The molecular weight excluding hydrogens is 266 g/mol. The molecule has 1 aliphatic carbocycles. The lowest BCUT2D eigenvalue weighted by Gasteiger charge is -2.31. The fourth-order valence-corrected chi connectivity index (χ4v) is 3.50. The van der Waals surface area contributed by atoms with E-state index in [0.29, 0.717) is 18.7 Å². The smallest absolute Gasteiger partial charge is 0.259 e. The Balaban J connectivity index is 2.05. The third-order valence-electron chi connectivity index (χ3n) is 3.74. The Morgan fingerprint density at radius 1 is 1.42 bits per heavy atom. The average molecular weight is 287 g/mol. The number of aryl methyl sites for hydroxylation is 2. The van der Waals surface area contributed by atoms with E-state index in [4.69, 9.17) is 0 Å². The van der Waals surface area contributed by atoms with Crippen LogP contribution >= 0.6 is 0 Å². The van der Waals surface area contributed by atoms with Gasteiger partial charge in [-0.2, -0.15) is 0 Å². The normalized spacial score (nSPS) is 19.5. The van der Waals surface area contributed by atoms with Gasteiger partial charge < -0.3 is 9.67 Å². The molecule has 6 nitrogen and oxygen atoms in total. The lowest BCUT2D eigenvalue weighted by Crippen LogP contribution is -2.44. The Hall–Kier alpha value is -0.920. The van der Waals surface area contributed by atoms with Crippen molar-refractivity contribution in [1.82, 2.24) is 14.3 Å². The average Bonchev–Trinajstić information content (AvgIpc) is 2.69. The second kappa shape index (κ2) is 5.22. The molecule has 19 heavy (non-hydrogen) atoms. The Labute approximate surface area is 113 Å². The lowest BCUT2D eigenvalue weighted by atomic mass is 9.85. The third kappa shape index (κ3) is 3.34. The number of sulfonamides is 1. The van der Waals surface area contributed by atoms with Crippen molar-refractivity contribution in [2.75, 3.05) is 6.54 Å². The summed E-state index contributed by atoms with van der Waals surface area (Å²) in [6, 6.07) is 0. The van der Waals surface area contributed by atoms with Crippen molar-refractivity contribution in [1.29, 1.82) is 0 Å². The molecule has 0 aliphatic heterocycles. The highest BCUT2D eigenvalue weighted by Crippen LogP contribution is 2.27. The predicted molar refractivity (Wildman–Crippen MR) is 71.2 cm³/mol. The number of rotatable bonds is 4. The minimum Gasteiger partial charge on any atom is -0.389 e. The molecule has 7 heteroatoms. The molecule has 0 amide bonds. The van der Waals surface area contributed by atoms with Crippen LogP contribution in [0, 0.1) is 6.92 Å². The first-order valence-corrected chi connectivity index (χ1v) is 8.03. The van der Waals surface area contributed by atoms with Crippen LogP contribution in [0.25, 0.3) is 0 Å². The Kier molecular flexibility index (Phi) is 3.98. The van der Waals surface area contributed by atoms with Gasteiger partial charge in [-0.15, -0.1) is 0 Å². The summed E-state index contributed by atoms with van der Waals surface area (Å²) in [6.45, 7) is 1.80. The van der Waals surface area contributed by atoms with Crippen LogP contribution in [-0.4, -0.2) is 35.2 Å². The van der Waals surface area contributed by atoms with Gasteiger partial charge in [0.15, 0.2) is 5.03 Å². The van der Waals surface area contributed by atoms with Crippen LogP contribution < -0.4 is 4.72 Å². The van der Waals surface area contributed by atoms with Gasteiger partial charge in [0.05, 0.1) is 5.60 Å². The van der Waals surface area contributed by atoms with E-state index in [2.05, 4.69) is 9.71 Å². The van der Waals surface area contributed by atoms with Gasteiger partial charge in [-0.25, -0.2) is 18.1 Å². The van der Waals surface area contributed by atoms with E-state index in [9.17, 15) is 13.5 Å². The molecule has 1 aromatic rings. The number of nitrogens with zero attached hydrogens (tertiary/aromatic N) is 2. The van der Waals surface area contributed by atoms with Crippen LogP contribution in [0.15, 0.2) is 11.2 Å². The minimum absolute atomic E-state index is 0.00640. The number of hydrogen-bond donors (Lipinski definition) is 2. The van der Waals surface area contributed by atoms with Gasteiger partial charge in [0, 0.05) is 19.8 Å². The molecule has 0 unspecified atom stereocenters. The molecule has 0 saturated heterocycles. The van der Waals surface area contributed by atoms with E-state index in [1.807, 2.05) is 0 Å². The van der Waals surface area contributed by atoms with Gasteiger partial charge in [0.2, 0.25) is 0 Å². The maximum atomic E-state index is 12.1. The molecule has 2 N–H and O–H groups in total. The first-order chi connectivity index (χ1) is 8.82. The van der Waals surface area contributed by atoms with Crippen molar-refractivity contribution < 1.29 is 13.5 Å². The zero-order valence-corrected chi connectivity index (χ0v) is 12.2. The Morgan fingerprint density at radius 3 is 2.58 bits per heavy atom. The van der Waals surface area contributed by atoms with Crippen molar-refractivity contribution in [3.8, 4) is 0 Å². The second-order valence-corrected chi connectivity index (χ2v) is 7.06. The molecule has 2 rings (SSSR count). The van der Waals surface area contributed by atoms with Crippen LogP contribution in [0.5, 0.6) is 0 Å². The number of hydrogen-bond acceptors (Lipinski definition) is 4. The molecule has 0 atom stereocenters. The van der Waals surface area contributed by atoms with Crippen molar-refractivity contribution >= 4 is 10.0 Å². The Morgan fingerprint density at radius 2 is 2.05 bits per heavy atom. The fourth-order valence-electron chi connectivity index (χ4n) is 2.35. The Bertz CT molecular complexity index is 525. The molecule has 1 saturated carbocycles. The predicted octanol–water partition coefficient (Wildman–Crippen LogP) is 0.702. The molecule has 0 radical (unpaired) electrons. The van der Waals surface area contributed by atoms with Crippen LogP contribution in [0.3, 0.4) is 0 Å². The summed E-state index contributed by atoms with van der Waals surface area (Å²) in [4.78, 5) is 4.00. The van der Waals surface area contributed by atoms with Crippen LogP contribution in [0.1, 0.15) is 37.9 Å². The highest BCUT2D eigenvalue weighted by molar-refractivity contribution is 7.89. The molecular formula is C12H21N3O3S. The molecule has 0 bridgehead atoms. The van der Waals surface area contributed by atoms with Crippen LogP contribution in [-0.2, 0) is 17.1 Å². The number of imidazole rings is 1. The largest absolute Gasteiger partial charge is 0.389 e. The number of aromatic nitrogens is 2. The molecule has 1 heterocycles. The van der Waals surface area contributed by atoms with E-state index < -0.39 is 15.6 Å². The van der Waals surface area contributed by atoms with E-state index in [1.54, 1.807) is 18.5 Å². The lowest BCUT2D eigenvalue weighted by molar-refractivity contribution is 0.00944. The first-order valence-electron chi connectivity index (χ1n) is 6.54. The molecule has 1 fully saturated rings. The minimum atomic E-state index is -3.64.